The molecule has 0 radical (unpaired) electrons. The highest BCUT2D eigenvalue weighted by Gasteiger charge is 2.29. The number of nitrogens with one attached hydrogen (secondary N) is 4. The molecule has 0 bridgehead atoms. The van der Waals surface area contributed by atoms with Gasteiger partial charge >= 0.3 is 0 Å². The van der Waals surface area contributed by atoms with E-state index in [-0.39, 0.29) is 29.7 Å². The number of piperidine rings is 1. The normalized spacial score (nSPS) is 18.3. The summed E-state index contributed by atoms with van der Waals surface area (Å²) in [6.07, 6.45) is 3.47. The van der Waals surface area contributed by atoms with E-state index < -0.39 is 29.5 Å². The Hall–Kier alpha value is -3.15. The Kier molecular flexibility index (Phi) is 7.95. The Morgan fingerprint density at radius 2 is 2.07 bits per heavy atom. The number of carbonyl (C=O) groups is 3. The second-order valence-corrected chi connectivity index (χ2v) is 7.62. The fourth-order valence-corrected chi connectivity index (χ4v) is 3.30. The molecule has 1 aliphatic rings. The molecule has 1 aromatic heterocycles. The molecule has 0 aromatic carbocycles. The van der Waals surface area contributed by atoms with Gasteiger partial charge in [0, 0.05) is 18.7 Å². The number of H-pyrrole nitrogens is 1. The molecule has 0 aliphatic carbocycles. The van der Waals surface area contributed by atoms with Crippen molar-refractivity contribution in [1.29, 1.82) is 5.26 Å². The first-order valence-electron chi connectivity index (χ1n) is 9.78. The third-order valence-corrected chi connectivity index (χ3v) is 4.78. The van der Waals surface area contributed by atoms with Gasteiger partial charge in [-0.3, -0.25) is 19.2 Å². The van der Waals surface area contributed by atoms with Gasteiger partial charge in [-0.05, 0) is 43.7 Å². The molecule has 0 saturated carbocycles. The molecule has 1 aliphatic heterocycles. The van der Waals surface area contributed by atoms with Crippen LogP contribution in [0, 0.1) is 23.2 Å². The van der Waals surface area contributed by atoms with Gasteiger partial charge in [0.2, 0.25) is 11.8 Å². The molecular weight excluding hydrogens is 374 g/mol. The monoisotopic (exact) mass is 401 g/mol. The summed E-state index contributed by atoms with van der Waals surface area (Å²) >= 11 is 0. The number of pyridine rings is 1. The predicted octanol–water partition coefficient (Wildman–Crippen LogP) is 0.444. The van der Waals surface area contributed by atoms with Crippen molar-refractivity contribution in [2.75, 3.05) is 6.54 Å². The minimum absolute atomic E-state index is 0.0877. The Balaban J connectivity index is 2.06. The number of aromatic nitrogens is 1. The largest absolute Gasteiger partial charge is 0.356 e. The lowest BCUT2D eigenvalue weighted by Gasteiger charge is -2.25. The molecule has 9 heteroatoms. The van der Waals surface area contributed by atoms with Crippen LogP contribution in [-0.2, 0) is 9.59 Å². The number of amides is 3. The van der Waals surface area contributed by atoms with Crippen LogP contribution in [-0.4, -0.2) is 41.3 Å². The van der Waals surface area contributed by atoms with E-state index in [0.29, 0.717) is 19.4 Å². The third kappa shape index (κ3) is 6.45. The van der Waals surface area contributed by atoms with Gasteiger partial charge < -0.3 is 20.9 Å². The molecule has 3 amide bonds. The maximum atomic E-state index is 12.8. The molecule has 1 aromatic rings. The number of hydrogen-bond donors (Lipinski definition) is 4. The predicted molar refractivity (Wildman–Crippen MR) is 106 cm³/mol. The summed E-state index contributed by atoms with van der Waals surface area (Å²) in [5.41, 5.74) is -0.642. The van der Waals surface area contributed by atoms with E-state index in [4.69, 9.17) is 0 Å². The van der Waals surface area contributed by atoms with Crippen molar-refractivity contribution in [2.24, 2.45) is 11.8 Å². The lowest BCUT2D eigenvalue weighted by atomic mass is 9.91. The number of aromatic amines is 1. The zero-order chi connectivity index (χ0) is 21.4. The first kappa shape index (κ1) is 22.1. The lowest BCUT2D eigenvalue weighted by Crippen LogP contribution is -2.51. The van der Waals surface area contributed by atoms with Crippen LogP contribution in [0.5, 0.6) is 0 Å². The summed E-state index contributed by atoms with van der Waals surface area (Å²) in [6, 6.07) is 3.17. The average molecular weight is 401 g/mol. The highest BCUT2D eigenvalue weighted by Crippen LogP contribution is 2.17. The average Bonchev–Trinajstić information content (AvgIpc) is 2.68. The van der Waals surface area contributed by atoms with Crippen LogP contribution in [0.25, 0.3) is 0 Å². The minimum Gasteiger partial charge on any atom is -0.356 e. The zero-order valence-corrected chi connectivity index (χ0v) is 16.7. The van der Waals surface area contributed by atoms with Gasteiger partial charge in [-0.25, -0.2) is 0 Å². The molecule has 0 spiro atoms. The van der Waals surface area contributed by atoms with E-state index in [2.05, 4.69) is 20.9 Å². The van der Waals surface area contributed by atoms with Crippen molar-refractivity contribution in [3.05, 3.63) is 34.2 Å². The van der Waals surface area contributed by atoms with E-state index in [1.165, 1.54) is 18.3 Å². The third-order valence-electron chi connectivity index (χ3n) is 4.78. The molecule has 1 saturated heterocycles. The van der Waals surface area contributed by atoms with Crippen molar-refractivity contribution in [3.8, 4) is 6.07 Å². The van der Waals surface area contributed by atoms with E-state index >= 15 is 0 Å². The molecule has 2 heterocycles. The van der Waals surface area contributed by atoms with E-state index in [1.54, 1.807) is 0 Å². The molecule has 4 N–H and O–H groups in total. The summed E-state index contributed by atoms with van der Waals surface area (Å²) in [5.74, 6) is -1.52. The molecule has 2 rings (SSSR count). The van der Waals surface area contributed by atoms with Crippen molar-refractivity contribution in [2.45, 2.75) is 51.6 Å². The van der Waals surface area contributed by atoms with Crippen LogP contribution in [0.3, 0.4) is 0 Å². The summed E-state index contributed by atoms with van der Waals surface area (Å²) in [6.45, 7) is 4.42. The molecular formula is C20H27N5O4. The SMILES string of the molecule is CC(C)C[C@H](NC(=O)c1ccc[nH]c1=O)C(=O)N[C@H](C#N)C[C@@H]1CCCNC1=O. The van der Waals surface area contributed by atoms with Gasteiger partial charge in [-0.15, -0.1) is 0 Å². The Bertz CT molecular complexity index is 842. The smallest absolute Gasteiger partial charge is 0.260 e. The van der Waals surface area contributed by atoms with Crippen LogP contribution in [0.15, 0.2) is 23.1 Å². The van der Waals surface area contributed by atoms with Gasteiger partial charge in [0.25, 0.3) is 11.5 Å². The summed E-state index contributed by atoms with van der Waals surface area (Å²) < 4.78 is 0. The summed E-state index contributed by atoms with van der Waals surface area (Å²) in [7, 11) is 0. The molecule has 9 nitrogen and oxygen atoms in total. The highest BCUT2D eigenvalue weighted by molar-refractivity contribution is 5.97. The van der Waals surface area contributed by atoms with Gasteiger partial charge in [-0.2, -0.15) is 5.26 Å². The highest BCUT2D eigenvalue weighted by atomic mass is 16.2. The molecule has 3 atom stereocenters. The Morgan fingerprint density at radius 3 is 2.69 bits per heavy atom. The quantitative estimate of drug-likeness (QED) is 0.500. The van der Waals surface area contributed by atoms with Crippen molar-refractivity contribution in [3.63, 3.8) is 0 Å². The Morgan fingerprint density at radius 1 is 1.31 bits per heavy atom. The van der Waals surface area contributed by atoms with Crippen LogP contribution in [0.1, 0.15) is 49.9 Å². The van der Waals surface area contributed by atoms with Crippen LogP contribution in [0.4, 0.5) is 0 Å². The van der Waals surface area contributed by atoms with Crippen molar-refractivity contribution >= 4 is 17.7 Å². The summed E-state index contributed by atoms with van der Waals surface area (Å²) in [5, 5.41) is 17.4. The van der Waals surface area contributed by atoms with Gasteiger partial charge in [0.1, 0.15) is 17.6 Å². The minimum atomic E-state index is -0.905. The van der Waals surface area contributed by atoms with Crippen LogP contribution in [0.2, 0.25) is 0 Å². The molecule has 29 heavy (non-hydrogen) atoms. The number of rotatable bonds is 8. The van der Waals surface area contributed by atoms with Crippen LogP contribution >= 0.6 is 0 Å². The molecule has 156 valence electrons. The second kappa shape index (κ2) is 10.4. The van der Waals surface area contributed by atoms with Crippen molar-refractivity contribution in [1.82, 2.24) is 20.9 Å². The first-order chi connectivity index (χ1) is 13.8. The summed E-state index contributed by atoms with van der Waals surface area (Å²) in [4.78, 5) is 51.4. The van der Waals surface area contributed by atoms with Crippen LogP contribution < -0.4 is 21.5 Å². The maximum absolute atomic E-state index is 12.8. The number of carbonyl (C=O) groups excluding carboxylic acids is 3. The van der Waals surface area contributed by atoms with E-state index in [0.717, 1.165) is 6.42 Å². The van der Waals surface area contributed by atoms with E-state index in [9.17, 15) is 24.4 Å². The Labute approximate surface area is 169 Å². The van der Waals surface area contributed by atoms with E-state index in [1.807, 2.05) is 19.9 Å². The maximum Gasteiger partial charge on any atom is 0.260 e. The lowest BCUT2D eigenvalue weighted by molar-refractivity contribution is -0.128. The fourth-order valence-electron chi connectivity index (χ4n) is 3.30. The number of nitrogens with zero attached hydrogens (tertiary/aromatic N) is 1. The van der Waals surface area contributed by atoms with Gasteiger partial charge in [-0.1, -0.05) is 13.8 Å². The van der Waals surface area contributed by atoms with Gasteiger partial charge in [0.05, 0.1) is 6.07 Å². The number of nitriles is 1. The topological polar surface area (TPSA) is 144 Å². The standard InChI is InChI=1S/C20H27N5O4/c1-12(2)9-16(25-19(28)15-6-4-8-23-18(15)27)20(29)24-14(11-21)10-13-5-3-7-22-17(13)26/h4,6,8,12-14,16H,3,5,7,9-10H2,1-2H3,(H,22,26)(H,23,27)(H,24,29)(H,25,28)/t13-,14-,16-/m0/s1. The number of hydrogen-bond acceptors (Lipinski definition) is 5. The molecule has 1 fully saturated rings. The molecule has 0 unspecified atom stereocenters. The first-order valence-corrected chi connectivity index (χ1v) is 9.78. The van der Waals surface area contributed by atoms with Crippen molar-refractivity contribution < 1.29 is 14.4 Å². The van der Waals surface area contributed by atoms with Gasteiger partial charge in [0.15, 0.2) is 0 Å². The zero-order valence-electron chi connectivity index (χ0n) is 16.7. The second-order valence-electron chi connectivity index (χ2n) is 7.62. The fraction of sp³-hybridized carbons (Fsp3) is 0.550.